The molecule has 0 aromatic carbocycles. The van der Waals surface area contributed by atoms with Crippen LogP contribution < -0.4 is 0 Å². The minimum absolute atomic E-state index is 0.0370. The fourth-order valence-corrected chi connectivity index (χ4v) is 1.87. The molecule has 1 saturated heterocycles. The van der Waals surface area contributed by atoms with Crippen molar-refractivity contribution in [2.45, 2.75) is 31.9 Å². The van der Waals surface area contributed by atoms with Gasteiger partial charge in [0.1, 0.15) is 0 Å². The zero-order chi connectivity index (χ0) is 9.84. The maximum absolute atomic E-state index is 11.3. The molecule has 13 heavy (non-hydrogen) atoms. The molecule has 0 aromatic rings. The van der Waals surface area contributed by atoms with Crippen LogP contribution in [0, 0.1) is 0 Å². The van der Waals surface area contributed by atoms with E-state index in [1.54, 1.807) is 0 Å². The lowest BCUT2D eigenvalue weighted by Gasteiger charge is -2.33. The molecule has 0 saturated carbocycles. The Kier molecular flexibility index (Phi) is 4.22. The highest BCUT2D eigenvalue weighted by molar-refractivity contribution is 7.81. The third-order valence-electron chi connectivity index (χ3n) is 2.67. The predicted molar refractivity (Wildman–Crippen MR) is 55.1 cm³/mol. The fourth-order valence-electron chi connectivity index (χ4n) is 1.61. The Morgan fingerprint density at radius 3 is 2.62 bits per heavy atom. The molecule has 3 nitrogen and oxygen atoms in total. The summed E-state index contributed by atoms with van der Waals surface area (Å²) in [7, 11) is 0. The van der Waals surface area contributed by atoms with Crippen LogP contribution in [0.2, 0.25) is 0 Å². The number of aliphatic hydroxyl groups is 1. The van der Waals surface area contributed by atoms with Gasteiger partial charge in [-0.1, -0.05) is 0 Å². The highest BCUT2D eigenvalue weighted by Gasteiger charge is 2.24. The summed E-state index contributed by atoms with van der Waals surface area (Å²) < 4.78 is 0. The summed E-state index contributed by atoms with van der Waals surface area (Å²) in [6.45, 7) is 3.56. The van der Waals surface area contributed by atoms with E-state index in [9.17, 15) is 9.90 Å². The molecule has 1 fully saturated rings. The number of hydrogen-bond donors (Lipinski definition) is 2. The Hall–Kier alpha value is -0.0600. The minimum Gasteiger partial charge on any atom is -0.393 e. The lowest BCUT2D eigenvalue weighted by molar-refractivity contribution is -0.122. The molecule has 1 heterocycles. The number of Topliss-reactive ketones (excluding diaryl/α,β-unsaturated/α-hetero) is 1. The number of carbonyl (C=O) groups excluding carboxylic acids is 1. The largest absolute Gasteiger partial charge is 0.393 e. The van der Waals surface area contributed by atoms with E-state index in [2.05, 4.69) is 17.5 Å². The number of carbonyl (C=O) groups is 1. The van der Waals surface area contributed by atoms with Crippen LogP contribution in [0.25, 0.3) is 0 Å². The van der Waals surface area contributed by atoms with E-state index in [1.807, 2.05) is 6.92 Å². The molecule has 1 N–H and O–H groups in total. The van der Waals surface area contributed by atoms with Crippen LogP contribution in [0.5, 0.6) is 0 Å². The number of piperidine rings is 1. The Labute approximate surface area is 84.5 Å². The van der Waals surface area contributed by atoms with Crippen molar-refractivity contribution in [1.82, 2.24) is 4.90 Å². The Balaban J connectivity index is 2.39. The molecule has 0 aromatic heterocycles. The first-order chi connectivity index (χ1) is 6.15. The zero-order valence-electron chi connectivity index (χ0n) is 7.94. The van der Waals surface area contributed by atoms with Gasteiger partial charge in [-0.3, -0.25) is 9.69 Å². The van der Waals surface area contributed by atoms with Gasteiger partial charge >= 0.3 is 0 Å². The van der Waals surface area contributed by atoms with E-state index in [1.165, 1.54) is 0 Å². The van der Waals surface area contributed by atoms with E-state index >= 15 is 0 Å². The fraction of sp³-hybridized carbons (Fsp3) is 0.889. The van der Waals surface area contributed by atoms with Crippen molar-refractivity contribution < 1.29 is 9.90 Å². The third kappa shape index (κ3) is 2.97. The number of thiol groups is 1. The summed E-state index contributed by atoms with van der Waals surface area (Å²) in [5.41, 5.74) is 0. The van der Waals surface area contributed by atoms with Gasteiger partial charge in [0.05, 0.1) is 17.9 Å². The second-order valence-corrected chi connectivity index (χ2v) is 3.88. The van der Waals surface area contributed by atoms with E-state index < -0.39 is 0 Å². The average Bonchev–Trinajstić information content (AvgIpc) is 2.17. The third-order valence-corrected chi connectivity index (χ3v) is 2.98. The van der Waals surface area contributed by atoms with Crippen LogP contribution in [0.1, 0.15) is 19.8 Å². The first-order valence-corrected chi connectivity index (χ1v) is 5.34. The lowest BCUT2D eigenvalue weighted by Crippen LogP contribution is -2.45. The highest BCUT2D eigenvalue weighted by atomic mass is 32.1. The summed E-state index contributed by atoms with van der Waals surface area (Å²) in [6, 6.07) is -0.0370. The van der Waals surface area contributed by atoms with Crippen LogP contribution in [-0.4, -0.2) is 46.8 Å². The van der Waals surface area contributed by atoms with Gasteiger partial charge in [-0.2, -0.15) is 12.6 Å². The van der Waals surface area contributed by atoms with Gasteiger partial charge in [-0.15, -0.1) is 0 Å². The van der Waals surface area contributed by atoms with Gasteiger partial charge in [0.2, 0.25) is 0 Å². The van der Waals surface area contributed by atoms with Crippen LogP contribution in [0.4, 0.5) is 0 Å². The maximum atomic E-state index is 11.3. The molecule has 0 amide bonds. The van der Waals surface area contributed by atoms with E-state index in [0.29, 0.717) is 5.75 Å². The average molecular weight is 203 g/mol. The number of likely N-dealkylation sites (tertiary alicyclic amines) is 1. The van der Waals surface area contributed by atoms with Crippen molar-refractivity contribution in [3.63, 3.8) is 0 Å². The molecule has 1 rings (SSSR count). The minimum atomic E-state index is -0.172. The molecule has 1 unspecified atom stereocenters. The van der Waals surface area contributed by atoms with Crippen LogP contribution in [0.3, 0.4) is 0 Å². The molecule has 0 aliphatic carbocycles. The summed E-state index contributed by atoms with van der Waals surface area (Å²) in [4.78, 5) is 13.4. The molecule has 0 spiro atoms. The van der Waals surface area contributed by atoms with Gasteiger partial charge in [0.25, 0.3) is 0 Å². The van der Waals surface area contributed by atoms with E-state index in [-0.39, 0.29) is 17.9 Å². The summed E-state index contributed by atoms with van der Waals surface area (Å²) >= 11 is 3.97. The normalized spacial score (nSPS) is 23.0. The van der Waals surface area contributed by atoms with Gasteiger partial charge in [-0.25, -0.2) is 0 Å². The second kappa shape index (κ2) is 4.98. The number of nitrogens with zero attached hydrogens (tertiary/aromatic N) is 1. The Morgan fingerprint density at radius 1 is 1.62 bits per heavy atom. The van der Waals surface area contributed by atoms with Gasteiger partial charge in [0.15, 0.2) is 5.78 Å². The molecule has 1 aliphatic heterocycles. The molecule has 1 aliphatic rings. The van der Waals surface area contributed by atoms with Crippen molar-refractivity contribution in [3.8, 4) is 0 Å². The Bertz CT molecular complexity index is 178. The molecular weight excluding hydrogens is 186 g/mol. The van der Waals surface area contributed by atoms with Crippen molar-refractivity contribution >= 4 is 18.4 Å². The first-order valence-electron chi connectivity index (χ1n) is 4.71. The monoisotopic (exact) mass is 203 g/mol. The van der Waals surface area contributed by atoms with Crippen molar-refractivity contribution in [2.24, 2.45) is 0 Å². The molecule has 1 atom stereocenters. The smallest absolute Gasteiger partial charge is 0.159 e. The Morgan fingerprint density at radius 2 is 2.15 bits per heavy atom. The van der Waals surface area contributed by atoms with Crippen LogP contribution in [-0.2, 0) is 4.79 Å². The van der Waals surface area contributed by atoms with Gasteiger partial charge < -0.3 is 5.11 Å². The number of aliphatic hydroxyl groups excluding tert-OH is 1. The van der Waals surface area contributed by atoms with E-state index in [4.69, 9.17) is 0 Å². The molecule has 4 heteroatoms. The van der Waals surface area contributed by atoms with Crippen LogP contribution in [0.15, 0.2) is 0 Å². The highest BCUT2D eigenvalue weighted by Crippen LogP contribution is 2.13. The van der Waals surface area contributed by atoms with E-state index in [0.717, 1.165) is 25.9 Å². The summed E-state index contributed by atoms with van der Waals surface area (Å²) in [5.74, 6) is 0.472. The summed E-state index contributed by atoms with van der Waals surface area (Å²) in [5, 5.41) is 9.28. The van der Waals surface area contributed by atoms with Crippen LogP contribution >= 0.6 is 12.6 Å². The van der Waals surface area contributed by atoms with Crippen molar-refractivity contribution in [2.75, 3.05) is 18.8 Å². The quantitative estimate of drug-likeness (QED) is 0.649. The van der Waals surface area contributed by atoms with Gasteiger partial charge in [0, 0.05) is 13.1 Å². The zero-order valence-corrected chi connectivity index (χ0v) is 8.83. The number of rotatable bonds is 3. The molecular formula is C9H17NO2S. The maximum Gasteiger partial charge on any atom is 0.159 e. The van der Waals surface area contributed by atoms with Crippen molar-refractivity contribution in [1.29, 1.82) is 0 Å². The standard InChI is InChI=1S/C9H17NO2S/c1-7(9(12)6-13)10-4-2-8(11)3-5-10/h7-8,11,13H,2-6H2,1H3. The number of ketones is 1. The number of hydrogen-bond acceptors (Lipinski definition) is 4. The predicted octanol–water partition coefficient (Wildman–Crippen LogP) is 0.330. The molecule has 0 radical (unpaired) electrons. The topological polar surface area (TPSA) is 40.5 Å². The lowest BCUT2D eigenvalue weighted by atomic mass is 10.1. The van der Waals surface area contributed by atoms with Crippen molar-refractivity contribution in [3.05, 3.63) is 0 Å². The SMILES string of the molecule is CC(C(=O)CS)N1CCC(O)CC1. The first kappa shape index (κ1) is 11.0. The molecule has 76 valence electrons. The second-order valence-electron chi connectivity index (χ2n) is 3.57. The summed E-state index contributed by atoms with van der Waals surface area (Å²) in [6.07, 6.45) is 1.39. The molecule has 0 bridgehead atoms. The van der Waals surface area contributed by atoms with Gasteiger partial charge in [-0.05, 0) is 19.8 Å².